The van der Waals surface area contributed by atoms with E-state index in [1.807, 2.05) is 19.1 Å². The summed E-state index contributed by atoms with van der Waals surface area (Å²) in [7, 11) is 1.51. The maximum atomic E-state index is 12.5. The van der Waals surface area contributed by atoms with Crippen molar-refractivity contribution in [2.24, 2.45) is 11.3 Å². The van der Waals surface area contributed by atoms with Gasteiger partial charge in [-0.25, -0.2) is 0 Å². The fraction of sp³-hybridized carbons (Fsp3) is 0.364. The van der Waals surface area contributed by atoms with Gasteiger partial charge in [0.2, 0.25) is 5.91 Å². The quantitative estimate of drug-likeness (QED) is 0.746. The van der Waals surface area contributed by atoms with E-state index in [1.54, 1.807) is 30.3 Å². The molecule has 1 unspecified atom stereocenters. The Labute approximate surface area is 160 Å². The number of amides is 1. The molecule has 2 aromatic carbocycles. The largest absolute Gasteiger partial charge is 0.495 e. The Morgan fingerprint density at radius 1 is 1.15 bits per heavy atom. The van der Waals surface area contributed by atoms with Gasteiger partial charge in [0, 0.05) is 17.7 Å². The van der Waals surface area contributed by atoms with Gasteiger partial charge < -0.3 is 14.8 Å². The molecule has 1 atom stereocenters. The first-order valence-electron chi connectivity index (χ1n) is 8.95. The average molecular weight is 366 g/mol. The third kappa shape index (κ3) is 5.24. The third-order valence-electron chi connectivity index (χ3n) is 4.42. The smallest absolute Gasteiger partial charge is 0.228 e. The van der Waals surface area contributed by atoms with Crippen LogP contribution in [0, 0.1) is 22.7 Å². The second kappa shape index (κ2) is 8.59. The normalized spacial score (nSPS) is 12.0. The minimum atomic E-state index is -0.0868. The first kappa shape index (κ1) is 20.3. The van der Waals surface area contributed by atoms with E-state index in [0.717, 1.165) is 12.1 Å². The van der Waals surface area contributed by atoms with Crippen molar-refractivity contribution in [3.05, 3.63) is 48.0 Å². The fourth-order valence-electron chi connectivity index (χ4n) is 2.99. The van der Waals surface area contributed by atoms with Crippen LogP contribution in [0.2, 0.25) is 0 Å². The van der Waals surface area contributed by atoms with E-state index in [2.05, 4.69) is 32.2 Å². The summed E-state index contributed by atoms with van der Waals surface area (Å²) >= 11 is 0. The van der Waals surface area contributed by atoms with E-state index in [9.17, 15) is 4.79 Å². The highest BCUT2D eigenvalue weighted by molar-refractivity contribution is 5.93. The van der Waals surface area contributed by atoms with Crippen LogP contribution in [0.15, 0.2) is 42.5 Å². The number of carbonyl (C=O) groups excluding carboxylic acids is 1. The van der Waals surface area contributed by atoms with Crippen LogP contribution in [0.4, 0.5) is 5.69 Å². The van der Waals surface area contributed by atoms with Crippen molar-refractivity contribution in [2.45, 2.75) is 34.1 Å². The summed E-state index contributed by atoms with van der Waals surface area (Å²) in [5, 5.41) is 12.0. The molecule has 5 nitrogen and oxygen atoms in total. The molecule has 0 aromatic heterocycles. The summed E-state index contributed by atoms with van der Waals surface area (Å²) < 4.78 is 11.0. The summed E-state index contributed by atoms with van der Waals surface area (Å²) in [6.07, 6.45) is 0.789. The highest BCUT2D eigenvalue weighted by atomic mass is 16.5. The summed E-state index contributed by atoms with van der Waals surface area (Å²) in [5.74, 6) is 1.63. The second-order valence-electron chi connectivity index (χ2n) is 7.42. The monoisotopic (exact) mass is 366 g/mol. The predicted octanol–water partition coefficient (Wildman–Crippen LogP) is 5.37. The van der Waals surface area contributed by atoms with Gasteiger partial charge in [0.05, 0.1) is 12.7 Å². The maximum absolute atomic E-state index is 12.5. The zero-order valence-corrected chi connectivity index (χ0v) is 16.5. The number of nitrogens with zero attached hydrogens (tertiary/aromatic N) is 1. The zero-order valence-electron chi connectivity index (χ0n) is 16.5. The van der Waals surface area contributed by atoms with E-state index in [4.69, 9.17) is 14.7 Å². The van der Waals surface area contributed by atoms with Crippen LogP contribution in [-0.4, -0.2) is 13.0 Å². The SMILES string of the molecule is CCC(C(=O)Nc1ccc(Oc2ccc(C#N)c(OC)c2)cc1)C(C)(C)C. The van der Waals surface area contributed by atoms with Gasteiger partial charge in [0.25, 0.3) is 0 Å². The molecule has 27 heavy (non-hydrogen) atoms. The predicted molar refractivity (Wildman–Crippen MR) is 106 cm³/mol. The van der Waals surface area contributed by atoms with Crippen molar-refractivity contribution >= 4 is 11.6 Å². The topological polar surface area (TPSA) is 71.3 Å². The van der Waals surface area contributed by atoms with Crippen LogP contribution in [0.5, 0.6) is 17.2 Å². The van der Waals surface area contributed by atoms with Crippen molar-refractivity contribution in [3.8, 4) is 23.3 Å². The van der Waals surface area contributed by atoms with E-state index < -0.39 is 0 Å². The van der Waals surface area contributed by atoms with Crippen molar-refractivity contribution in [2.75, 3.05) is 12.4 Å². The van der Waals surface area contributed by atoms with Gasteiger partial charge >= 0.3 is 0 Å². The molecule has 2 aromatic rings. The lowest BCUT2D eigenvalue weighted by Crippen LogP contribution is -2.32. The average Bonchev–Trinajstić information content (AvgIpc) is 2.62. The first-order valence-corrected chi connectivity index (χ1v) is 8.95. The molecule has 0 fully saturated rings. The molecule has 0 aliphatic carbocycles. The van der Waals surface area contributed by atoms with Gasteiger partial charge in [0.15, 0.2) is 0 Å². The van der Waals surface area contributed by atoms with Crippen molar-refractivity contribution in [1.82, 2.24) is 0 Å². The molecule has 0 aliphatic rings. The van der Waals surface area contributed by atoms with Gasteiger partial charge in [-0.05, 0) is 48.2 Å². The van der Waals surface area contributed by atoms with Crippen LogP contribution in [0.1, 0.15) is 39.7 Å². The third-order valence-corrected chi connectivity index (χ3v) is 4.42. The highest BCUT2D eigenvalue weighted by Crippen LogP contribution is 2.31. The van der Waals surface area contributed by atoms with Gasteiger partial charge in [-0.15, -0.1) is 0 Å². The number of carbonyl (C=O) groups is 1. The number of benzene rings is 2. The Hall–Kier alpha value is -3.00. The summed E-state index contributed by atoms with van der Waals surface area (Å²) in [6.45, 7) is 8.24. The van der Waals surface area contributed by atoms with Gasteiger partial charge in [-0.1, -0.05) is 27.7 Å². The van der Waals surface area contributed by atoms with Crippen LogP contribution < -0.4 is 14.8 Å². The lowest BCUT2D eigenvalue weighted by Gasteiger charge is -2.28. The Kier molecular flexibility index (Phi) is 6.46. The maximum Gasteiger partial charge on any atom is 0.228 e. The summed E-state index contributed by atoms with van der Waals surface area (Å²) in [6, 6.07) is 14.3. The van der Waals surface area contributed by atoms with Crippen molar-refractivity contribution in [3.63, 3.8) is 0 Å². The Bertz CT molecular complexity index is 830. The Morgan fingerprint density at radius 3 is 2.30 bits per heavy atom. The highest BCUT2D eigenvalue weighted by Gasteiger charge is 2.29. The van der Waals surface area contributed by atoms with E-state index in [-0.39, 0.29) is 17.2 Å². The number of nitrogens with one attached hydrogen (secondary N) is 1. The molecule has 0 heterocycles. The van der Waals surface area contributed by atoms with Gasteiger partial charge in [0.1, 0.15) is 23.3 Å². The van der Waals surface area contributed by atoms with Crippen molar-refractivity contribution in [1.29, 1.82) is 5.26 Å². The second-order valence-corrected chi connectivity index (χ2v) is 7.42. The van der Waals surface area contributed by atoms with E-state index >= 15 is 0 Å². The minimum absolute atomic E-state index is 0.0236. The standard InChI is InChI=1S/C22H26N2O3/c1-6-19(22(2,3)4)21(25)24-16-8-11-17(12-9-16)27-18-10-7-15(14-23)20(13-18)26-5/h7-13,19H,6H2,1-5H3,(H,24,25). The van der Waals surface area contributed by atoms with Crippen LogP contribution in [-0.2, 0) is 4.79 Å². The van der Waals surface area contributed by atoms with Crippen molar-refractivity contribution < 1.29 is 14.3 Å². The number of hydrogen-bond acceptors (Lipinski definition) is 4. The van der Waals surface area contributed by atoms with Crippen LogP contribution >= 0.6 is 0 Å². The number of ether oxygens (including phenoxy) is 2. The number of anilines is 1. The lowest BCUT2D eigenvalue weighted by atomic mass is 9.78. The fourth-order valence-corrected chi connectivity index (χ4v) is 2.99. The molecule has 2 rings (SSSR count). The van der Waals surface area contributed by atoms with Crippen LogP contribution in [0.25, 0.3) is 0 Å². The number of nitriles is 1. The molecule has 0 saturated carbocycles. The molecule has 0 saturated heterocycles. The first-order chi connectivity index (χ1) is 12.8. The lowest BCUT2D eigenvalue weighted by molar-refractivity contribution is -0.123. The number of hydrogen-bond donors (Lipinski definition) is 1. The van der Waals surface area contributed by atoms with E-state index in [0.29, 0.717) is 22.8 Å². The van der Waals surface area contributed by atoms with Gasteiger partial charge in [-0.2, -0.15) is 5.26 Å². The summed E-state index contributed by atoms with van der Waals surface area (Å²) in [5.41, 5.74) is 1.09. The molecule has 0 radical (unpaired) electrons. The molecule has 5 heteroatoms. The summed E-state index contributed by atoms with van der Waals surface area (Å²) in [4.78, 5) is 12.5. The number of methoxy groups -OCH3 is 1. The molecular formula is C22H26N2O3. The molecule has 1 N–H and O–H groups in total. The molecule has 0 aliphatic heterocycles. The molecule has 0 bridgehead atoms. The molecule has 142 valence electrons. The van der Waals surface area contributed by atoms with Crippen LogP contribution in [0.3, 0.4) is 0 Å². The van der Waals surface area contributed by atoms with E-state index in [1.165, 1.54) is 7.11 Å². The molecule has 1 amide bonds. The Morgan fingerprint density at radius 2 is 1.78 bits per heavy atom. The zero-order chi connectivity index (χ0) is 20.0. The van der Waals surface area contributed by atoms with Gasteiger partial charge in [-0.3, -0.25) is 4.79 Å². The minimum Gasteiger partial charge on any atom is -0.495 e. The Balaban J connectivity index is 2.07. The number of rotatable bonds is 6. The molecule has 0 spiro atoms. The molecular weight excluding hydrogens is 340 g/mol.